The molecule has 1 aliphatic rings. The van der Waals surface area contributed by atoms with Crippen LogP contribution in [0.3, 0.4) is 0 Å². The molecule has 4 rings (SSSR count). The first kappa shape index (κ1) is 13.1. The number of imidazole rings is 1. The van der Waals surface area contributed by atoms with E-state index in [0.29, 0.717) is 12.2 Å². The van der Waals surface area contributed by atoms with Gasteiger partial charge in [-0.25, -0.2) is 4.98 Å². The highest BCUT2D eigenvalue weighted by Crippen LogP contribution is 2.23. The van der Waals surface area contributed by atoms with Crippen molar-refractivity contribution < 1.29 is 4.79 Å². The van der Waals surface area contributed by atoms with Gasteiger partial charge in [0.2, 0.25) is 0 Å². The van der Waals surface area contributed by atoms with Gasteiger partial charge in [-0.2, -0.15) is 5.10 Å². The zero-order chi connectivity index (χ0) is 15.1. The first-order chi connectivity index (χ1) is 10.7. The fourth-order valence-electron chi connectivity index (χ4n) is 3.16. The third-order valence-corrected chi connectivity index (χ3v) is 4.26. The van der Waals surface area contributed by atoms with E-state index in [-0.39, 0.29) is 11.9 Å². The zero-order valence-corrected chi connectivity index (χ0v) is 12.4. The standard InChI is InChI=1S/C16H17N5O/c1-12-15(20-8-3-2-5-14(20)18-12)16(22)19-10-6-13(11-19)21-9-4-7-17-21/h2-5,7-9,13H,6,10-11H2,1H3. The molecule has 0 spiro atoms. The monoisotopic (exact) mass is 295 g/mol. The van der Waals surface area contributed by atoms with E-state index in [4.69, 9.17) is 0 Å². The van der Waals surface area contributed by atoms with Gasteiger partial charge in [0.1, 0.15) is 11.3 Å². The maximum atomic E-state index is 12.9. The molecule has 1 amide bonds. The second-order valence-corrected chi connectivity index (χ2v) is 5.65. The second kappa shape index (κ2) is 4.98. The molecule has 1 unspecified atom stereocenters. The molecule has 1 aliphatic heterocycles. The first-order valence-corrected chi connectivity index (χ1v) is 7.46. The lowest BCUT2D eigenvalue weighted by atomic mass is 10.3. The third kappa shape index (κ3) is 1.99. The molecule has 4 heterocycles. The number of nitrogens with zero attached hydrogens (tertiary/aromatic N) is 5. The molecule has 3 aromatic rings. The Kier molecular flexibility index (Phi) is 2.96. The Balaban J connectivity index is 1.63. The number of rotatable bonds is 2. The fraction of sp³-hybridized carbons (Fsp3) is 0.312. The van der Waals surface area contributed by atoms with Gasteiger partial charge in [0.05, 0.1) is 11.7 Å². The molecule has 0 aromatic carbocycles. The minimum absolute atomic E-state index is 0.0471. The van der Waals surface area contributed by atoms with E-state index in [1.165, 1.54) is 0 Å². The van der Waals surface area contributed by atoms with Crippen molar-refractivity contribution in [3.63, 3.8) is 0 Å². The molecular formula is C16H17N5O. The SMILES string of the molecule is Cc1nc2ccccn2c1C(=O)N1CCC(n2cccn2)C1. The number of amides is 1. The molecule has 112 valence electrons. The fourth-order valence-corrected chi connectivity index (χ4v) is 3.16. The highest BCUT2D eigenvalue weighted by Gasteiger charge is 2.30. The van der Waals surface area contributed by atoms with Crippen molar-refractivity contribution in [2.24, 2.45) is 0 Å². The highest BCUT2D eigenvalue weighted by atomic mass is 16.2. The average molecular weight is 295 g/mol. The van der Waals surface area contributed by atoms with Crippen LogP contribution in [0.2, 0.25) is 0 Å². The Labute approximate surface area is 128 Å². The number of aryl methyl sites for hydroxylation is 1. The van der Waals surface area contributed by atoms with E-state index < -0.39 is 0 Å². The van der Waals surface area contributed by atoms with Gasteiger partial charge in [0.25, 0.3) is 5.91 Å². The van der Waals surface area contributed by atoms with Gasteiger partial charge >= 0.3 is 0 Å². The molecular weight excluding hydrogens is 278 g/mol. The second-order valence-electron chi connectivity index (χ2n) is 5.65. The van der Waals surface area contributed by atoms with Crippen LogP contribution >= 0.6 is 0 Å². The van der Waals surface area contributed by atoms with Crippen LogP contribution in [0.25, 0.3) is 5.65 Å². The smallest absolute Gasteiger partial charge is 0.272 e. The summed E-state index contributed by atoms with van der Waals surface area (Å²) < 4.78 is 3.81. The number of pyridine rings is 1. The van der Waals surface area contributed by atoms with Crippen molar-refractivity contribution in [2.45, 2.75) is 19.4 Å². The van der Waals surface area contributed by atoms with E-state index in [9.17, 15) is 4.79 Å². The van der Waals surface area contributed by atoms with Gasteiger partial charge in [0.15, 0.2) is 0 Å². The summed E-state index contributed by atoms with van der Waals surface area (Å²) in [6.07, 6.45) is 6.56. The van der Waals surface area contributed by atoms with Gasteiger partial charge < -0.3 is 4.90 Å². The summed E-state index contributed by atoms with van der Waals surface area (Å²) in [4.78, 5) is 19.3. The summed E-state index contributed by atoms with van der Waals surface area (Å²) >= 11 is 0. The van der Waals surface area contributed by atoms with E-state index in [1.54, 1.807) is 6.20 Å². The Hall–Kier alpha value is -2.63. The number of hydrogen-bond donors (Lipinski definition) is 0. The van der Waals surface area contributed by atoms with Crippen molar-refractivity contribution >= 4 is 11.6 Å². The van der Waals surface area contributed by atoms with Gasteiger partial charge in [-0.05, 0) is 31.5 Å². The molecule has 6 heteroatoms. The van der Waals surface area contributed by atoms with Gasteiger partial charge in [-0.3, -0.25) is 13.9 Å². The maximum Gasteiger partial charge on any atom is 0.272 e. The molecule has 22 heavy (non-hydrogen) atoms. The number of carbonyl (C=O) groups excluding carboxylic acids is 1. The quantitative estimate of drug-likeness (QED) is 0.726. The summed E-state index contributed by atoms with van der Waals surface area (Å²) in [5.74, 6) is 0.0471. The van der Waals surface area contributed by atoms with E-state index in [0.717, 1.165) is 24.3 Å². The largest absolute Gasteiger partial charge is 0.335 e. The number of carbonyl (C=O) groups is 1. The normalized spacial score (nSPS) is 18.2. The predicted octanol–water partition coefficient (Wildman–Crippen LogP) is 1.93. The molecule has 0 aliphatic carbocycles. The number of fused-ring (bicyclic) bond motifs is 1. The minimum Gasteiger partial charge on any atom is -0.335 e. The first-order valence-electron chi connectivity index (χ1n) is 7.46. The number of likely N-dealkylation sites (tertiary alicyclic amines) is 1. The summed E-state index contributed by atoms with van der Waals surface area (Å²) in [5.41, 5.74) is 2.25. The Morgan fingerprint density at radius 1 is 1.27 bits per heavy atom. The topological polar surface area (TPSA) is 55.4 Å². The van der Waals surface area contributed by atoms with Gasteiger partial charge in [-0.1, -0.05) is 6.07 Å². The van der Waals surface area contributed by atoms with Crippen molar-refractivity contribution in [3.05, 3.63) is 54.2 Å². The van der Waals surface area contributed by atoms with E-state index in [2.05, 4.69) is 10.1 Å². The minimum atomic E-state index is 0.0471. The Bertz CT molecular complexity index is 820. The van der Waals surface area contributed by atoms with Crippen molar-refractivity contribution in [3.8, 4) is 0 Å². The Morgan fingerprint density at radius 2 is 2.18 bits per heavy atom. The summed E-state index contributed by atoms with van der Waals surface area (Å²) in [6.45, 7) is 3.34. The lowest BCUT2D eigenvalue weighted by molar-refractivity contribution is 0.0779. The molecule has 1 fully saturated rings. The van der Waals surface area contributed by atoms with Gasteiger partial charge in [-0.15, -0.1) is 0 Å². The molecule has 1 atom stereocenters. The molecule has 1 saturated heterocycles. The predicted molar refractivity (Wildman–Crippen MR) is 81.7 cm³/mol. The van der Waals surface area contributed by atoms with Crippen LogP contribution in [-0.2, 0) is 0 Å². The molecule has 3 aromatic heterocycles. The highest BCUT2D eigenvalue weighted by molar-refractivity contribution is 5.94. The summed E-state index contributed by atoms with van der Waals surface area (Å²) in [6, 6.07) is 7.94. The number of hydrogen-bond acceptors (Lipinski definition) is 3. The van der Waals surface area contributed by atoms with E-state index >= 15 is 0 Å². The van der Waals surface area contributed by atoms with Crippen LogP contribution in [-0.4, -0.2) is 43.1 Å². The maximum absolute atomic E-state index is 12.9. The average Bonchev–Trinajstić information content (AvgIpc) is 3.25. The van der Waals surface area contributed by atoms with Crippen molar-refractivity contribution in [2.75, 3.05) is 13.1 Å². The summed E-state index contributed by atoms with van der Waals surface area (Å²) in [7, 11) is 0. The number of aromatic nitrogens is 4. The third-order valence-electron chi connectivity index (χ3n) is 4.26. The lowest BCUT2D eigenvalue weighted by Crippen LogP contribution is -2.30. The van der Waals surface area contributed by atoms with E-state index in [1.807, 2.05) is 57.6 Å². The van der Waals surface area contributed by atoms with Crippen LogP contribution in [0.15, 0.2) is 42.9 Å². The molecule has 6 nitrogen and oxygen atoms in total. The zero-order valence-electron chi connectivity index (χ0n) is 12.4. The van der Waals surface area contributed by atoms with Gasteiger partial charge in [0, 0.05) is 31.7 Å². The molecule has 0 radical (unpaired) electrons. The molecule has 0 saturated carbocycles. The van der Waals surface area contributed by atoms with Crippen molar-refractivity contribution in [1.29, 1.82) is 0 Å². The van der Waals surface area contributed by atoms with Crippen LogP contribution in [0.1, 0.15) is 28.6 Å². The molecule has 0 bridgehead atoms. The van der Waals surface area contributed by atoms with Crippen LogP contribution < -0.4 is 0 Å². The van der Waals surface area contributed by atoms with Crippen LogP contribution in [0, 0.1) is 6.92 Å². The van der Waals surface area contributed by atoms with Crippen LogP contribution in [0.5, 0.6) is 0 Å². The van der Waals surface area contributed by atoms with Crippen molar-refractivity contribution in [1.82, 2.24) is 24.1 Å². The lowest BCUT2D eigenvalue weighted by Gasteiger charge is -2.17. The van der Waals surface area contributed by atoms with Crippen LogP contribution in [0.4, 0.5) is 0 Å². The Morgan fingerprint density at radius 3 is 3.00 bits per heavy atom. The summed E-state index contributed by atoms with van der Waals surface area (Å²) in [5, 5.41) is 4.28. The molecule has 0 N–H and O–H groups in total.